The quantitative estimate of drug-likeness (QED) is 0.129. The molecule has 1 aliphatic rings. The van der Waals surface area contributed by atoms with Gasteiger partial charge in [-0.2, -0.15) is 0 Å². The minimum Gasteiger partial charge on any atom is -0.507 e. The first-order valence-electron chi connectivity index (χ1n) is 13.3. The Hall–Kier alpha value is -4.26. The summed E-state index contributed by atoms with van der Waals surface area (Å²) in [7, 11) is 1.53. The fourth-order valence-electron chi connectivity index (χ4n) is 4.65. The predicted octanol–water partition coefficient (Wildman–Crippen LogP) is 6.68. The van der Waals surface area contributed by atoms with Crippen LogP contribution in [0.1, 0.15) is 57.2 Å². The first kappa shape index (κ1) is 27.8. The number of aliphatic hydroxyl groups excluding tert-OH is 1. The number of benzene rings is 3. The Morgan fingerprint density at radius 3 is 2.23 bits per heavy atom. The lowest BCUT2D eigenvalue weighted by Crippen LogP contribution is -2.29. The van der Waals surface area contributed by atoms with Gasteiger partial charge < -0.3 is 19.3 Å². The molecule has 39 heavy (non-hydrogen) atoms. The van der Waals surface area contributed by atoms with Crippen molar-refractivity contribution in [3.63, 3.8) is 0 Å². The van der Waals surface area contributed by atoms with E-state index in [1.807, 2.05) is 26.0 Å². The van der Waals surface area contributed by atoms with E-state index < -0.39 is 17.7 Å². The lowest BCUT2D eigenvalue weighted by molar-refractivity contribution is -0.132. The van der Waals surface area contributed by atoms with Gasteiger partial charge in [0.2, 0.25) is 0 Å². The standard InChI is InChI=1S/C32H35NO6/c1-5-6-9-20-38-24-16-12-22(13-17-24)30(34)28-29(26-10-7-8-11-27(26)37-4)33(32(36)31(28)35)23-14-18-25(19-15-23)39-21(2)3/h7-8,10-19,21,29,34H,5-6,9,20H2,1-4H3/b30-28-. The number of nitrogens with zero attached hydrogens (tertiary/aromatic N) is 1. The molecule has 1 atom stereocenters. The van der Waals surface area contributed by atoms with Crippen LogP contribution >= 0.6 is 0 Å². The first-order valence-corrected chi connectivity index (χ1v) is 13.3. The largest absolute Gasteiger partial charge is 0.507 e. The molecular weight excluding hydrogens is 494 g/mol. The smallest absolute Gasteiger partial charge is 0.300 e. The molecule has 1 amide bonds. The first-order chi connectivity index (χ1) is 18.8. The third-order valence-electron chi connectivity index (χ3n) is 6.51. The lowest BCUT2D eigenvalue weighted by Gasteiger charge is -2.27. The van der Waals surface area contributed by atoms with Crippen LogP contribution in [0.5, 0.6) is 17.2 Å². The molecule has 1 heterocycles. The van der Waals surface area contributed by atoms with Crippen LogP contribution < -0.4 is 19.1 Å². The van der Waals surface area contributed by atoms with Gasteiger partial charge >= 0.3 is 0 Å². The molecule has 7 nitrogen and oxygen atoms in total. The molecule has 0 spiro atoms. The number of Topliss-reactive ketones (excluding diaryl/α,β-unsaturated/α-hetero) is 1. The Morgan fingerprint density at radius 2 is 1.59 bits per heavy atom. The van der Waals surface area contributed by atoms with Gasteiger partial charge in [-0.05, 0) is 74.9 Å². The number of rotatable bonds is 11. The van der Waals surface area contributed by atoms with Gasteiger partial charge in [-0.25, -0.2) is 0 Å². The Balaban J connectivity index is 1.77. The molecule has 0 aromatic heterocycles. The summed E-state index contributed by atoms with van der Waals surface area (Å²) in [5, 5.41) is 11.4. The minimum absolute atomic E-state index is 0.00760. The number of carbonyl (C=O) groups excluding carboxylic acids is 2. The van der Waals surface area contributed by atoms with E-state index in [9.17, 15) is 14.7 Å². The van der Waals surface area contributed by atoms with Crippen molar-refractivity contribution in [2.75, 3.05) is 18.6 Å². The Bertz CT molecular complexity index is 1330. The maximum absolute atomic E-state index is 13.5. The van der Waals surface area contributed by atoms with Crippen LogP contribution in [-0.4, -0.2) is 36.6 Å². The SMILES string of the molecule is CCCCCOc1ccc(/C(O)=C2/C(=O)C(=O)N(c3ccc(OC(C)C)cc3)C2c2ccccc2OC)cc1. The van der Waals surface area contributed by atoms with Crippen molar-refractivity contribution < 1.29 is 28.9 Å². The summed E-state index contributed by atoms with van der Waals surface area (Å²) in [6.45, 7) is 6.60. The molecule has 1 N–H and O–H groups in total. The topological polar surface area (TPSA) is 85.3 Å². The number of hydrogen-bond donors (Lipinski definition) is 1. The van der Waals surface area contributed by atoms with E-state index in [2.05, 4.69) is 6.92 Å². The Kier molecular flexibility index (Phi) is 8.92. The number of ether oxygens (including phenoxy) is 3. The Morgan fingerprint density at radius 1 is 0.923 bits per heavy atom. The van der Waals surface area contributed by atoms with Gasteiger partial charge in [0.05, 0.1) is 31.4 Å². The molecule has 0 saturated carbocycles. The van der Waals surface area contributed by atoms with Crippen LogP contribution in [0.4, 0.5) is 5.69 Å². The van der Waals surface area contributed by atoms with E-state index in [0.717, 1.165) is 19.3 Å². The molecule has 3 aromatic rings. The fourth-order valence-corrected chi connectivity index (χ4v) is 4.65. The number of carbonyl (C=O) groups is 2. The molecule has 0 bridgehead atoms. The number of ketones is 1. The Labute approximate surface area is 229 Å². The average molecular weight is 530 g/mol. The second-order valence-corrected chi connectivity index (χ2v) is 9.65. The number of amides is 1. The molecule has 7 heteroatoms. The van der Waals surface area contributed by atoms with E-state index in [1.165, 1.54) is 12.0 Å². The van der Waals surface area contributed by atoms with Crippen LogP contribution in [-0.2, 0) is 9.59 Å². The van der Waals surface area contributed by atoms with Crippen LogP contribution in [0.3, 0.4) is 0 Å². The van der Waals surface area contributed by atoms with Gasteiger partial charge in [-0.15, -0.1) is 0 Å². The number of para-hydroxylation sites is 1. The molecule has 1 aliphatic heterocycles. The van der Waals surface area contributed by atoms with E-state index in [-0.39, 0.29) is 17.4 Å². The molecule has 1 fully saturated rings. The van der Waals surface area contributed by atoms with Gasteiger partial charge in [0.15, 0.2) is 0 Å². The van der Waals surface area contributed by atoms with Crippen LogP contribution in [0.15, 0.2) is 78.4 Å². The van der Waals surface area contributed by atoms with Crippen molar-refractivity contribution in [3.8, 4) is 17.2 Å². The highest BCUT2D eigenvalue weighted by Gasteiger charge is 2.47. The maximum atomic E-state index is 13.5. The summed E-state index contributed by atoms with van der Waals surface area (Å²) < 4.78 is 17.1. The van der Waals surface area contributed by atoms with Crippen molar-refractivity contribution in [3.05, 3.63) is 89.5 Å². The summed E-state index contributed by atoms with van der Waals surface area (Å²) >= 11 is 0. The molecular formula is C32H35NO6. The van der Waals surface area contributed by atoms with Gasteiger partial charge in [0.25, 0.3) is 11.7 Å². The summed E-state index contributed by atoms with van der Waals surface area (Å²) in [6.07, 6.45) is 3.16. The molecule has 4 rings (SSSR count). The third kappa shape index (κ3) is 6.08. The summed E-state index contributed by atoms with van der Waals surface area (Å²) in [4.78, 5) is 28.3. The molecule has 204 valence electrons. The third-order valence-corrected chi connectivity index (χ3v) is 6.51. The van der Waals surface area contributed by atoms with Gasteiger partial charge in [0.1, 0.15) is 23.0 Å². The molecule has 1 saturated heterocycles. The zero-order valence-corrected chi connectivity index (χ0v) is 22.8. The molecule has 0 aliphatic carbocycles. The second kappa shape index (κ2) is 12.5. The van der Waals surface area contributed by atoms with Crippen molar-refractivity contribution in [2.24, 2.45) is 0 Å². The van der Waals surface area contributed by atoms with E-state index in [4.69, 9.17) is 14.2 Å². The van der Waals surface area contributed by atoms with Crippen molar-refractivity contribution in [1.82, 2.24) is 0 Å². The van der Waals surface area contributed by atoms with Crippen LogP contribution in [0, 0.1) is 0 Å². The van der Waals surface area contributed by atoms with Crippen molar-refractivity contribution in [1.29, 1.82) is 0 Å². The predicted molar refractivity (Wildman–Crippen MR) is 151 cm³/mol. The van der Waals surface area contributed by atoms with E-state index in [1.54, 1.807) is 60.7 Å². The zero-order chi connectivity index (χ0) is 27.9. The lowest BCUT2D eigenvalue weighted by atomic mass is 9.94. The van der Waals surface area contributed by atoms with Gasteiger partial charge in [-0.1, -0.05) is 38.0 Å². The number of unbranched alkanes of at least 4 members (excludes halogenated alkanes) is 2. The summed E-state index contributed by atoms with van der Waals surface area (Å²) in [5.74, 6) is 0.0517. The van der Waals surface area contributed by atoms with Crippen molar-refractivity contribution in [2.45, 2.75) is 52.2 Å². The van der Waals surface area contributed by atoms with E-state index in [0.29, 0.717) is 40.7 Å². The van der Waals surface area contributed by atoms with Gasteiger partial charge in [-0.3, -0.25) is 14.5 Å². The van der Waals surface area contributed by atoms with E-state index >= 15 is 0 Å². The molecule has 1 unspecified atom stereocenters. The van der Waals surface area contributed by atoms with Crippen molar-refractivity contribution >= 4 is 23.1 Å². The number of methoxy groups -OCH3 is 1. The van der Waals surface area contributed by atoms with Crippen LogP contribution in [0.2, 0.25) is 0 Å². The highest BCUT2D eigenvalue weighted by molar-refractivity contribution is 6.51. The highest BCUT2D eigenvalue weighted by Crippen LogP contribution is 2.45. The number of anilines is 1. The minimum atomic E-state index is -0.900. The normalized spacial score (nSPS) is 16.5. The molecule has 3 aromatic carbocycles. The monoisotopic (exact) mass is 529 g/mol. The summed E-state index contributed by atoms with van der Waals surface area (Å²) in [6, 6.07) is 20.1. The number of aliphatic hydroxyl groups is 1. The average Bonchev–Trinajstić information content (AvgIpc) is 3.21. The highest BCUT2D eigenvalue weighted by atomic mass is 16.5. The summed E-state index contributed by atoms with van der Waals surface area (Å²) in [5.41, 5.74) is 1.48. The number of hydrogen-bond acceptors (Lipinski definition) is 6. The zero-order valence-electron chi connectivity index (χ0n) is 22.8. The fraction of sp³-hybridized carbons (Fsp3) is 0.312. The second-order valence-electron chi connectivity index (χ2n) is 9.65. The molecule has 0 radical (unpaired) electrons. The maximum Gasteiger partial charge on any atom is 0.300 e. The van der Waals surface area contributed by atoms with Crippen LogP contribution in [0.25, 0.3) is 5.76 Å². The van der Waals surface area contributed by atoms with Gasteiger partial charge in [0, 0.05) is 16.8 Å².